The van der Waals surface area contributed by atoms with Crippen molar-refractivity contribution >= 4 is 17.2 Å². The predicted molar refractivity (Wildman–Crippen MR) is 68.9 cm³/mol. The van der Waals surface area contributed by atoms with Gasteiger partial charge in [-0.1, -0.05) is 24.4 Å². The SMILES string of the molecule is CC(C)N(C)Cc1ccc(C(N)=S)cc1F. The molecule has 0 aliphatic rings. The van der Waals surface area contributed by atoms with Gasteiger partial charge in [-0.15, -0.1) is 0 Å². The van der Waals surface area contributed by atoms with Gasteiger partial charge in [-0.25, -0.2) is 4.39 Å². The molecule has 0 atom stereocenters. The lowest BCUT2D eigenvalue weighted by Crippen LogP contribution is -2.26. The fourth-order valence-corrected chi connectivity index (χ4v) is 1.41. The van der Waals surface area contributed by atoms with E-state index in [1.165, 1.54) is 6.07 Å². The summed E-state index contributed by atoms with van der Waals surface area (Å²) in [6.07, 6.45) is 0. The van der Waals surface area contributed by atoms with Crippen LogP contribution < -0.4 is 5.73 Å². The Balaban J connectivity index is 2.87. The van der Waals surface area contributed by atoms with Crippen LogP contribution in [0.25, 0.3) is 0 Å². The molecule has 4 heteroatoms. The Bertz CT molecular complexity index is 391. The first kappa shape index (κ1) is 13.1. The summed E-state index contributed by atoms with van der Waals surface area (Å²) in [4.78, 5) is 2.29. The molecule has 0 aromatic heterocycles. The van der Waals surface area contributed by atoms with Crippen LogP contribution in [0.2, 0.25) is 0 Å². The van der Waals surface area contributed by atoms with Gasteiger partial charge in [-0.3, -0.25) is 4.90 Å². The largest absolute Gasteiger partial charge is 0.389 e. The molecule has 1 rings (SSSR count). The smallest absolute Gasteiger partial charge is 0.128 e. The molecule has 0 unspecified atom stereocenters. The Morgan fingerprint density at radius 2 is 2.12 bits per heavy atom. The third-order valence-electron chi connectivity index (χ3n) is 2.64. The molecule has 88 valence electrons. The minimum absolute atomic E-state index is 0.225. The Morgan fingerprint density at radius 1 is 1.50 bits per heavy atom. The molecular formula is C12H17FN2S. The van der Waals surface area contributed by atoms with Crippen molar-refractivity contribution in [3.8, 4) is 0 Å². The standard InChI is InChI=1S/C12H17FN2S/c1-8(2)15(3)7-10-5-4-9(12(14)16)6-11(10)13/h4-6,8H,7H2,1-3H3,(H2,14,16). The average molecular weight is 240 g/mol. The van der Waals surface area contributed by atoms with Gasteiger partial charge in [0.2, 0.25) is 0 Å². The van der Waals surface area contributed by atoms with E-state index in [9.17, 15) is 4.39 Å². The minimum Gasteiger partial charge on any atom is -0.389 e. The quantitative estimate of drug-likeness (QED) is 0.819. The summed E-state index contributed by atoms with van der Waals surface area (Å²) < 4.78 is 13.7. The Hall–Kier alpha value is -1.00. The van der Waals surface area contributed by atoms with E-state index in [0.717, 1.165) is 0 Å². The number of halogens is 1. The number of rotatable bonds is 4. The van der Waals surface area contributed by atoms with Crippen molar-refractivity contribution in [2.24, 2.45) is 5.73 Å². The molecule has 0 aliphatic heterocycles. The van der Waals surface area contributed by atoms with Crippen LogP contribution in [-0.2, 0) is 6.54 Å². The Morgan fingerprint density at radius 3 is 2.56 bits per heavy atom. The van der Waals surface area contributed by atoms with Gasteiger partial charge in [0.25, 0.3) is 0 Å². The number of thiocarbonyl (C=S) groups is 1. The number of nitrogens with two attached hydrogens (primary N) is 1. The van der Waals surface area contributed by atoms with Gasteiger partial charge in [0.1, 0.15) is 10.8 Å². The highest BCUT2D eigenvalue weighted by molar-refractivity contribution is 7.80. The average Bonchev–Trinajstić information content (AvgIpc) is 2.20. The van der Waals surface area contributed by atoms with Crippen LogP contribution in [-0.4, -0.2) is 23.0 Å². The van der Waals surface area contributed by atoms with Gasteiger partial charge in [-0.05, 0) is 27.0 Å². The van der Waals surface area contributed by atoms with Crippen LogP contribution in [0.4, 0.5) is 4.39 Å². The summed E-state index contributed by atoms with van der Waals surface area (Å²) in [7, 11) is 1.96. The van der Waals surface area contributed by atoms with E-state index in [2.05, 4.69) is 18.7 Å². The monoisotopic (exact) mass is 240 g/mol. The first-order valence-corrected chi connectivity index (χ1v) is 5.61. The van der Waals surface area contributed by atoms with Crippen molar-refractivity contribution in [1.29, 1.82) is 0 Å². The van der Waals surface area contributed by atoms with E-state index < -0.39 is 0 Å². The summed E-state index contributed by atoms with van der Waals surface area (Å²) >= 11 is 4.80. The Kier molecular flexibility index (Phi) is 4.38. The van der Waals surface area contributed by atoms with Gasteiger partial charge in [0.05, 0.1) is 0 Å². The molecule has 0 heterocycles. The number of hydrogen-bond acceptors (Lipinski definition) is 2. The second kappa shape index (κ2) is 5.37. The molecule has 0 fully saturated rings. The van der Waals surface area contributed by atoms with Gasteiger partial charge < -0.3 is 5.73 Å². The summed E-state index contributed by atoms with van der Waals surface area (Å²) in [5, 5.41) is 0. The van der Waals surface area contributed by atoms with Crippen molar-refractivity contribution in [3.63, 3.8) is 0 Å². The third kappa shape index (κ3) is 3.25. The molecule has 0 spiro atoms. The summed E-state index contributed by atoms with van der Waals surface area (Å²) in [5.74, 6) is -0.252. The molecule has 1 aromatic rings. The zero-order chi connectivity index (χ0) is 12.3. The van der Waals surface area contributed by atoms with E-state index in [-0.39, 0.29) is 10.8 Å². The number of nitrogens with zero attached hydrogens (tertiary/aromatic N) is 1. The maximum atomic E-state index is 13.7. The third-order valence-corrected chi connectivity index (χ3v) is 2.87. The van der Waals surface area contributed by atoms with Crippen molar-refractivity contribution in [2.45, 2.75) is 26.4 Å². The fourth-order valence-electron chi connectivity index (χ4n) is 1.28. The van der Waals surface area contributed by atoms with Gasteiger partial charge in [0, 0.05) is 23.7 Å². The molecule has 2 N–H and O–H groups in total. The molecule has 16 heavy (non-hydrogen) atoms. The number of hydrogen-bond donors (Lipinski definition) is 1. The van der Waals surface area contributed by atoms with Crippen LogP contribution in [0.3, 0.4) is 0 Å². The molecule has 0 bridgehead atoms. The van der Waals surface area contributed by atoms with E-state index in [0.29, 0.717) is 23.7 Å². The lowest BCUT2D eigenvalue weighted by Gasteiger charge is -2.21. The Labute approximate surface area is 101 Å². The van der Waals surface area contributed by atoms with E-state index in [1.54, 1.807) is 12.1 Å². The predicted octanol–water partition coefficient (Wildman–Crippen LogP) is 2.30. The lowest BCUT2D eigenvalue weighted by molar-refractivity contribution is 0.262. The molecule has 0 saturated carbocycles. The van der Waals surface area contributed by atoms with Crippen molar-refractivity contribution in [3.05, 3.63) is 35.1 Å². The van der Waals surface area contributed by atoms with Gasteiger partial charge in [0.15, 0.2) is 0 Å². The topological polar surface area (TPSA) is 29.3 Å². The first-order chi connectivity index (χ1) is 7.41. The molecule has 0 saturated heterocycles. The molecule has 0 radical (unpaired) electrons. The molecule has 2 nitrogen and oxygen atoms in total. The van der Waals surface area contributed by atoms with Crippen LogP contribution >= 0.6 is 12.2 Å². The summed E-state index contributed by atoms with van der Waals surface area (Å²) in [6.45, 7) is 4.73. The van der Waals surface area contributed by atoms with Gasteiger partial charge in [-0.2, -0.15) is 0 Å². The molecule has 0 aliphatic carbocycles. The summed E-state index contributed by atoms with van der Waals surface area (Å²) in [5.41, 5.74) is 6.67. The van der Waals surface area contributed by atoms with Crippen molar-refractivity contribution < 1.29 is 4.39 Å². The highest BCUT2D eigenvalue weighted by Crippen LogP contribution is 2.13. The van der Waals surface area contributed by atoms with Gasteiger partial charge >= 0.3 is 0 Å². The van der Waals surface area contributed by atoms with E-state index in [4.69, 9.17) is 18.0 Å². The maximum absolute atomic E-state index is 13.7. The van der Waals surface area contributed by atoms with Crippen molar-refractivity contribution in [1.82, 2.24) is 4.90 Å². The normalized spacial score (nSPS) is 11.1. The van der Waals surface area contributed by atoms with E-state index >= 15 is 0 Å². The summed E-state index contributed by atoms with van der Waals surface area (Å²) in [6, 6.07) is 5.28. The highest BCUT2D eigenvalue weighted by atomic mass is 32.1. The highest BCUT2D eigenvalue weighted by Gasteiger charge is 2.09. The second-order valence-electron chi connectivity index (χ2n) is 4.18. The molecule has 0 amide bonds. The number of benzene rings is 1. The van der Waals surface area contributed by atoms with Crippen LogP contribution in [0, 0.1) is 5.82 Å². The minimum atomic E-state index is -0.252. The van der Waals surface area contributed by atoms with Crippen LogP contribution in [0.15, 0.2) is 18.2 Å². The lowest BCUT2D eigenvalue weighted by atomic mass is 10.1. The fraction of sp³-hybridized carbons (Fsp3) is 0.417. The molecular weight excluding hydrogens is 223 g/mol. The van der Waals surface area contributed by atoms with Crippen LogP contribution in [0.5, 0.6) is 0 Å². The molecule has 1 aromatic carbocycles. The van der Waals surface area contributed by atoms with E-state index in [1.807, 2.05) is 7.05 Å². The second-order valence-corrected chi connectivity index (χ2v) is 4.62. The zero-order valence-electron chi connectivity index (χ0n) is 9.83. The maximum Gasteiger partial charge on any atom is 0.128 e. The van der Waals surface area contributed by atoms with Crippen molar-refractivity contribution in [2.75, 3.05) is 7.05 Å². The zero-order valence-corrected chi connectivity index (χ0v) is 10.6. The first-order valence-electron chi connectivity index (χ1n) is 5.20. The van der Waals surface area contributed by atoms with Crippen LogP contribution in [0.1, 0.15) is 25.0 Å².